The summed E-state index contributed by atoms with van der Waals surface area (Å²) in [6.07, 6.45) is 6.82. The van der Waals surface area contributed by atoms with Gasteiger partial charge in [-0.05, 0) is 86.2 Å². The van der Waals surface area contributed by atoms with E-state index in [4.69, 9.17) is 0 Å². The molecule has 2 aromatic heterocycles. The van der Waals surface area contributed by atoms with E-state index in [1.54, 1.807) is 4.88 Å². The first-order valence-corrected chi connectivity index (χ1v) is 11.1. The molecule has 1 fully saturated rings. The fraction of sp³-hybridized carbons (Fsp3) is 0.435. The lowest BCUT2D eigenvalue weighted by Gasteiger charge is -2.31. The Balaban J connectivity index is 1.33. The van der Waals surface area contributed by atoms with Crippen LogP contribution in [0.4, 0.5) is 0 Å². The van der Waals surface area contributed by atoms with E-state index in [1.165, 1.54) is 35.8 Å². The molecule has 140 valence electrons. The zero-order valence-electron chi connectivity index (χ0n) is 15.7. The van der Waals surface area contributed by atoms with E-state index in [9.17, 15) is 4.79 Å². The maximum Gasteiger partial charge on any atom is 0.251 e. The van der Waals surface area contributed by atoms with E-state index in [0.29, 0.717) is 0 Å². The molecule has 3 aromatic rings. The molecule has 3 nitrogen and oxygen atoms in total. The number of aromatic amines is 1. The van der Waals surface area contributed by atoms with Gasteiger partial charge in [0.25, 0.3) is 5.56 Å². The monoisotopic (exact) mass is 378 g/mol. The molecule has 3 heterocycles. The number of nitrogens with zero attached hydrogens (tertiary/aromatic N) is 1. The minimum atomic E-state index is 0.131. The van der Waals surface area contributed by atoms with Crippen molar-refractivity contribution in [3.05, 3.63) is 67.6 Å². The number of aryl methyl sites for hydroxylation is 1. The van der Waals surface area contributed by atoms with Crippen LogP contribution >= 0.6 is 11.3 Å². The predicted molar refractivity (Wildman–Crippen MR) is 113 cm³/mol. The number of H-pyrrole nitrogens is 1. The topological polar surface area (TPSA) is 36.1 Å². The third kappa shape index (κ3) is 3.37. The summed E-state index contributed by atoms with van der Waals surface area (Å²) in [7, 11) is 0. The normalized spacial score (nSPS) is 18.7. The Bertz CT molecular complexity index is 997. The van der Waals surface area contributed by atoms with E-state index in [0.717, 1.165) is 55.9 Å². The average molecular weight is 379 g/mol. The SMILES string of the molecule is O=c1[nH]c2cc(CN3CCC(c4cccs4)CC3)ccc2c2c1CCCC2. The molecule has 0 saturated carbocycles. The van der Waals surface area contributed by atoms with Gasteiger partial charge in [-0.3, -0.25) is 9.69 Å². The van der Waals surface area contributed by atoms with Gasteiger partial charge < -0.3 is 4.98 Å². The van der Waals surface area contributed by atoms with Crippen molar-refractivity contribution < 1.29 is 0 Å². The number of hydrogen-bond donors (Lipinski definition) is 1. The molecule has 0 amide bonds. The number of piperidine rings is 1. The number of fused-ring (bicyclic) bond motifs is 3. The van der Waals surface area contributed by atoms with Gasteiger partial charge in [-0.1, -0.05) is 18.2 Å². The summed E-state index contributed by atoms with van der Waals surface area (Å²) in [6.45, 7) is 3.29. The van der Waals surface area contributed by atoms with Crippen LogP contribution in [0, 0.1) is 0 Å². The van der Waals surface area contributed by atoms with Gasteiger partial charge in [0, 0.05) is 27.9 Å². The molecule has 4 heteroatoms. The summed E-state index contributed by atoms with van der Waals surface area (Å²) in [6, 6.07) is 11.2. The number of benzene rings is 1. The van der Waals surface area contributed by atoms with Crippen molar-refractivity contribution in [3.63, 3.8) is 0 Å². The minimum absolute atomic E-state index is 0.131. The average Bonchev–Trinajstić information content (AvgIpc) is 3.23. The molecule has 5 rings (SSSR count). The highest BCUT2D eigenvalue weighted by Gasteiger charge is 2.22. The molecule has 0 spiro atoms. The first-order valence-electron chi connectivity index (χ1n) is 10.2. The first kappa shape index (κ1) is 17.2. The molecular formula is C23H26N2OS. The number of hydrogen-bond acceptors (Lipinski definition) is 3. The van der Waals surface area contributed by atoms with Crippen molar-refractivity contribution in [1.29, 1.82) is 0 Å². The summed E-state index contributed by atoms with van der Waals surface area (Å²) in [5.74, 6) is 0.737. The Kier molecular flexibility index (Phi) is 4.62. The van der Waals surface area contributed by atoms with Crippen LogP contribution in [0.1, 0.15) is 53.2 Å². The van der Waals surface area contributed by atoms with Gasteiger partial charge in [0.05, 0.1) is 0 Å². The summed E-state index contributed by atoms with van der Waals surface area (Å²) in [4.78, 5) is 19.7. The van der Waals surface area contributed by atoms with Crippen LogP contribution in [-0.4, -0.2) is 23.0 Å². The maximum atomic E-state index is 12.5. The third-order valence-corrected chi connectivity index (χ3v) is 7.37. The summed E-state index contributed by atoms with van der Waals surface area (Å²) >= 11 is 1.90. The Hall–Kier alpha value is -1.91. The van der Waals surface area contributed by atoms with Crippen molar-refractivity contribution in [1.82, 2.24) is 9.88 Å². The number of nitrogens with one attached hydrogen (secondary N) is 1. The highest BCUT2D eigenvalue weighted by atomic mass is 32.1. The lowest BCUT2D eigenvalue weighted by Crippen LogP contribution is -2.32. The predicted octanol–water partition coefficient (Wildman–Crippen LogP) is 4.85. The largest absolute Gasteiger partial charge is 0.322 e. The molecule has 1 saturated heterocycles. The third-order valence-electron chi connectivity index (χ3n) is 6.34. The van der Waals surface area contributed by atoms with Crippen LogP contribution in [0.15, 0.2) is 40.5 Å². The zero-order valence-corrected chi connectivity index (χ0v) is 16.5. The molecule has 1 aromatic carbocycles. The summed E-state index contributed by atoms with van der Waals surface area (Å²) in [5.41, 5.74) is 4.78. The Labute approximate surface area is 164 Å². The van der Waals surface area contributed by atoms with E-state index in [1.807, 2.05) is 11.3 Å². The second kappa shape index (κ2) is 7.25. The van der Waals surface area contributed by atoms with E-state index in [-0.39, 0.29) is 5.56 Å². The number of aromatic nitrogens is 1. The molecule has 0 atom stereocenters. The number of rotatable bonds is 3. The molecule has 1 aliphatic heterocycles. The molecular weight excluding hydrogens is 352 g/mol. The quantitative estimate of drug-likeness (QED) is 0.707. The van der Waals surface area contributed by atoms with E-state index in [2.05, 4.69) is 45.6 Å². The van der Waals surface area contributed by atoms with Crippen molar-refractivity contribution in [2.24, 2.45) is 0 Å². The molecule has 27 heavy (non-hydrogen) atoms. The van der Waals surface area contributed by atoms with Crippen LogP contribution in [-0.2, 0) is 19.4 Å². The molecule has 0 unspecified atom stereocenters. The van der Waals surface area contributed by atoms with Gasteiger partial charge in [-0.15, -0.1) is 11.3 Å². The van der Waals surface area contributed by atoms with Crippen LogP contribution < -0.4 is 5.56 Å². The van der Waals surface area contributed by atoms with Crippen molar-refractivity contribution in [2.75, 3.05) is 13.1 Å². The summed E-state index contributed by atoms with van der Waals surface area (Å²) < 4.78 is 0. The fourth-order valence-corrected chi connectivity index (χ4v) is 5.76. The van der Waals surface area contributed by atoms with Crippen LogP contribution in [0.2, 0.25) is 0 Å². The fourth-order valence-electron chi connectivity index (χ4n) is 4.86. The van der Waals surface area contributed by atoms with Gasteiger partial charge in [0.2, 0.25) is 0 Å². The molecule has 1 aliphatic carbocycles. The van der Waals surface area contributed by atoms with Gasteiger partial charge in [-0.25, -0.2) is 0 Å². The Morgan fingerprint density at radius 1 is 1.07 bits per heavy atom. The Morgan fingerprint density at radius 2 is 1.89 bits per heavy atom. The van der Waals surface area contributed by atoms with Gasteiger partial charge in [0.1, 0.15) is 0 Å². The smallest absolute Gasteiger partial charge is 0.251 e. The summed E-state index contributed by atoms with van der Waals surface area (Å²) in [5, 5.41) is 3.44. The Morgan fingerprint density at radius 3 is 2.67 bits per heavy atom. The van der Waals surface area contributed by atoms with Gasteiger partial charge in [-0.2, -0.15) is 0 Å². The number of pyridine rings is 1. The lowest BCUT2D eigenvalue weighted by atomic mass is 9.89. The van der Waals surface area contributed by atoms with Gasteiger partial charge in [0.15, 0.2) is 0 Å². The second-order valence-corrected chi connectivity index (χ2v) is 9.04. The number of thiophene rings is 1. The van der Waals surface area contributed by atoms with E-state index >= 15 is 0 Å². The highest BCUT2D eigenvalue weighted by molar-refractivity contribution is 7.10. The first-order chi connectivity index (χ1) is 13.3. The standard InChI is InChI=1S/C23H26N2OS/c26-23-20-5-2-1-4-18(20)19-8-7-16(14-21(19)24-23)15-25-11-9-17(10-12-25)22-6-3-13-27-22/h3,6-8,13-14,17H,1-2,4-5,9-12,15H2,(H,24,26). The molecule has 0 bridgehead atoms. The van der Waals surface area contributed by atoms with Crippen LogP contribution in [0.25, 0.3) is 10.9 Å². The minimum Gasteiger partial charge on any atom is -0.322 e. The van der Waals surface area contributed by atoms with Crippen LogP contribution in [0.5, 0.6) is 0 Å². The van der Waals surface area contributed by atoms with Crippen molar-refractivity contribution >= 4 is 22.2 Å². The van der Waals surface area contributed by atoms with Crippen LogP contribution in [0.3, 0.4) is 0 Å². The second-order valence-electron chi connectivity index (χ2n) is 8.06. The maximum absolute atomic E-state index is 12.5. The highest BCUT2D eigenvalue weighted by Crippen LogP contribution is 2.32. The lowest BCUT2D eigenvalue weighted by molar-refractivity contribution is 0.206. The molecule has 2 aliphatic rings. The molecule has 1 N–H and O–H groups in total. The van der Waals surface area contributed by atoms with E-state index < -0.39 is 0 Å². The van der Waals surface area contributed by atoms with Gasteiger partial charge >= 0.3 is 0 Å². The van der Waals surface area contributed by atoms with Crippen molar-refractivity contribution in [3.8, 4) is 0 Å². The number of likely N-dealkylation sites (tertiary alicyclic amines) is 1. The molecule has 0 radical (unpaired) electrons. The zero-order chi connectivity index (χ0) is 18.2. The van der Waals surface area contributed by atoms with Crippen molar-refractivity contribution in [2.45, 2.75) is 51.0 Å².